The second-order valence-electron chi connectivity index (χ2n) is 6.85. The maximum Gasteiger partial charge on any atom is 0.260 e. The van der Waals surface area contributed by atoms with Crippen LogP contribution in [0.3, 0.4) is 0 Å². The molecule has 28 heavy (non-hydrogen) atoms. The number of nitrogens with zero attached hydrogens (tertiary/aromatic N) is 4. The molecule has 1 aromatic carbocycles. The lowest BCUT2D eigenvalue weighted by Crippen LogP contribution is -2.34. The minimum Gasteiger partial charge on any atom is -0.467 e. The van der Waals surface area contributed by atoms with Gasteiger partial charge in [-0.05, 0) is 57.4 Å². The Morgan fingerprint density at radius 2 is 1.79 bits per heavy atom. The van der Waals surface area contributed by atoms with Crippen molar-refractivity contribution in [3.05, 3.63) is 47.2 Å². The van der Waals surface area contributed by atoms with Gasteiger partial charge < -0.3 is 9.64 Å². The van der Waals surface area contributed by atoms with Gasteiger partial charge in [0.1, 0.15) is 0 Å². The van der Waals surface area contributed by atoms with E-state index in [1.54, 1.807) is 4.90 Å². The Labute approximate surface area is 166 Å². The number of carbonyl (C=O) groups is 1. The first-order valence-corrected chi connectivity index (χ1v) is 9.85. The van der Waals surface area contributed by atoms with Crippen molar-refractivity contribution in [1.82, 2.24) is 19.7 Å². The van der Waals surface area contributed by atoms with E-state index in [9.17, 15) is 4.79 Å². The summed E-state index contributed by atoms with van der Waals surface area (Å²) < 4.78 is 7.58. The summed E-state index contributed by atoms with van der Waals surface area (Å²) in [6.45, 7) is 11.4. The molecule has 3 aromatic rings. The Balaban J connectivity index is 1.95. The second kappa shape index (κ2) is 8.42. The van der Waals surface area contributed by atoms with Crippen LogP contribution in [0.5, 0.6) is 5.88 Å². The lowest BCUT2D eigenvalue weighted by atomic mass is 10.1. The summed E-state index contributed by atoms with van der Waals surface area (Å²) in [5.74, 6) is 0.404. The van der Waals surface area contributed by atoms with Gasteiger partial charge in [-0.25, -0.2) is 4.68 Å². The van der Waals surface area contributed by atoms with E-state index in [1.807, 2.05) is 38.4 Å². The average Bonchev–Trinajstić information content (AvgIpc) is 3.04. The summed E-state index contributed by atoms with van der Waals surface area (Å²) in [5.41, 5.74) is 4.93. The average molecular weight is 380 g/mol. The number of ether oxygens (including phenoxy) is 1. The van der Waals surface area contributed by atoms with E-state index in [-0.39, 0.29) is 12.5 Å². The predicted octanol–water partition coefficient (Wildman–Crippen LogP) is 3.85. The highest BCUT2D eigenvalue weighted by Gasteiger charge is 2.16. The molecule has 0 radical (unpaired) electrons. The highest BCUT2D eigenvalue weighted by atomic mass is 16.5. The number of likely N-dealkylation sites (N-methyl/N-ethyl adjacent to an activating group) is 1. The fourth-order valence-corrected chi connectivity index (χ4v) is 3.40. The van der Waals surface area contributed by atoms with E-state index >= 15 is 0 Å². The van der Waals surface area contributed by atoms with Crippen LogP contribution in [0.25, 0.3) is 16.7 Å². The molecular weight excluding hydrogens is 352 g/mol. The molecule has 0 bridgehead atoms. The summed E-state index contributed by atoms with van der Waals surface area (Å²) in [6.07, 6.45) is 0.995. The maximum atomic E-state index is 12.2. The molecule has 2 heterocycles. The summed E-state index contributed by atoms with van der Waals surface area (Å²) in [4.78, 5) is 18.6. The van der Waals surface area contributed by atoms with Crippen molar-refractivity contribution in [3.63, 3.8) is 0 Å². The van der Waals surface area contributed by atoms with Gasteiger partial charge in [0.15, 0.2) is 12.3 Å². The van der Waals surface area contributed by atoms with E-state index in [0.717, 1.165) is 34.4 Å². The molecule has 0 unspecified atom stereocenters. The first-order valence-electron chi connectivity index (χ1n) is 9.85. The van der Waals surface area contributed by atoms with Crippen LogP contribution in [0.15, 0.2) is 30.3 Å². The lowest BCUT2D eigenvalue weighted by molar-refractivity contribution is -0.133. The van der Waals surface area contributed by atoms with Crippen molar-refractivity contribution in [2.24, 2.45) is 0 Å². The maximum absolute atomic E-state index is 12.2. The number of carbonyl (C=O) groups excluding carboxylic acids is 1. The Bertz CT molecular complexity index is 972. The van der Waals surface area contributed by atoms with Crippen molar-refractivity contribution < 1.29 is 9.53 Å². The third-order valence-corrected chi connectivity index (χ3v) is 5.04. The third-order valence-electron chi connectivity index (χ3n) is 5.04. The molecule has 2 aromatic heterocycles. The molecule has 6 nitrogen and oxygen atoms in total. The van der Waals surface area contributed by atoms with Crippen LogP contribution < -0.4 is 4.74 Å². The predicted molar refractivity (Wildman–Crippen MR) is 111 cm³/mol. The first kappa shape index (κ1) is 19.9. The number of rotatable bonds is 7. The van der Waals surface area contributed by atoms with E-state index < -0.39 is 0 Å². The number of fused-ring (bicyclic) bond motifs is 1. The van der Waals surface area contributed by atoms with Gasteiger partial charge in [0.25, 0.3) is 5.91 Å². The van der Waals surface area contributed by atoms with E-state index in [2.05, 4.69) is 36.2 Å². The van der Waals surface area contributed by atoms with Crippen LogP contribution in [0.2, 0.25) is 0 Å². The van der Waals surface area contributed by atoms with E-state index in [1.165, 1.54) is 5.56 Å². The van der Waals surface area contributed by atoms with Crippen molar-refractivity contribution >= 4 is 16.9 Å². The lowest BCUT2D eigenvalue weighted by Gasteiger charge is -2.18. The molecule has 6 heteroatoms. The Morgan fingerprint density at radius 3 is 2.39 bits per heavy atom. The van der Waals surface area contributed by atoms with E-state index in [4.69, 9.17) is 9.84 Å². The molecule has 0 aliphatic carbocycles. The van der Waals surface area contributed by atoms with Crippen LogP contribution >= 0.6 is 0 Å². The van der Waals surface area contributed by atoms with Crippen LogP contribution in [0.1, 0.15) is 37.6 Å². The van der Waals surface area contributed by atoms with Crippen LogP contribution in [-0.2, 0) is 11.2 Å². The Morgan fingerprint density at radius 1 is 1.11 bits per heavy atom. The zero-order valence-corrected chi connectivity index (χ0v) is 17.3. The summed E-state index contributed by atoms with van der Waals surface area (Å²) in [5, 5.41) is 5.71. The molecule has 3 rings (SSSR count). The zero-order valence-electron chi connectivity index (χ0n) is 17.3. The Kier molecular flexibility index (Phi) is 5.97. The molecule has 0 spiro atoms. The van der Waals surface area contributed by atoms with Gasteiger partial charge in [-0.15, -0.1) is 0 Å². The van der Waals surface area contributed by atoms with Gasteiger partial charge in [-0.2, -0.15) is 10.1 Å². The molecule has 0 saturated heterocycles. The van der Waals surface area contributed by atoms with Crippen molar-refractivity contribution in [1.29, 1.82) is 0 Å². The topological polar surface area (TPSA) is 60.3 Å². The highest BCUT2D eigenvalue weighted by molar-refractivity contribution is 5.84. The molecule has 0 aliphatic heterocycles. The van der Waals surface area contributed by atoms with Gasteiger partial charge in [0.2, 0.25) is 5.88 Å². The highest BCUT2D eigenvalue weighted by Crippen LogP contribution is 2.26. The summed E-state index contributed by atoms with van der Waals surface area (Å²) in [7, 11) is 0. The SMILES string of the molecule is CCc1ccc(-n2nc(C)c3c(C)cc(OCC(=O)N(CC)CC)nc32)cc1. The molecule has 0 atom stereocenters. The number of benzene rings is 1. The minimum atomic E-state index is -0.0376. The minimum absolute atomic E-state index is 0.0159. The number of hydrogen-bond acceptors (Lipinski definition) is 4. The normalized spacial score (nSPS) is 11.0. The summed E-state index contributed by atoms with van der Waals surface area (Å²) in [6, 6.07) is 10.2. The fraction of sp³-hybridized carbons (Fsp3) is 0.409. The number of hydrogen-bond donors (Lipinski definition) is 0. The molecule has 1 amide bonds. The van der Waals surface area contributed by atoms with Crippen molar-refractivity contribution in [2.45, 2.75) is 41.0 Å². The molecular formula is C22H28N4O2. The number of aromatic nitrogens is 3. The molecule has 0 saturated carbocycles. The zero-order chi connectivity index (χ0) is 20.3. The second-order valence-corrected chi connectivity index (χ2v) is 6.85. The standard InChI is InChI=1S/C22H28N4O2/c1-6-17-9-11-18(12-10-17)26-22-21(16(5)24-26)15(4)13-19(23-22)28-14-20(27)25(7-2)8-3/h9-13H,6-8,14H2,1-5H3. The van der Waals surface area contributed by atoms with Crippen LogP contribution in [-0.4, -0.2) is 45.3 Å². The van der Waals surface area contributed by atoms with Gasteiger partial charge in [-0.1, -0.05) is 19.1 Å². The Hall–Kier alpha value is -2.89. The van der Waals surface area contributed by atoms with E-state index in [0.29, 0.717) is 19.0 Å². The molecule has 0 N–H and O–H groups in total. The third kappa shape index (κ3) is 3.86. The largest absolute Gasteiger partial charge is 0.467 e. The molecule has 0 aliphatic rings. The van der Waals surface area contributed by atoms with Gasteiger partial charge in [0.05, 0.1) is 11.4 Å². The molecule has 0 fully saturated rings. The van der Waals surface area contributed by atoms with Crippen molar-refractivity contribution in [2.75, 3.05) is 19.7 Å². The number of amides is 1. The van der Waals surface area contributed by atoms with Gasteiger partial charge in [-0.3, -0.25) is 4.79 Å². The number of aryl methyl sites for hydroxylation is 3. The fourth-order valence-electron chi connectivity index (χ4n) is 3.40. The summed E-state index contributed by atoms with van der Waals surface area (Å²) >= 11 is 0. The number of pyridine rings is 1. The van der Waals surface area contributed by atoms with Gasteiger partial charge >= 0.3 is 0 Å². The smallest absolute Gasteiger partial charge is 0.260 e. The van der Waals surface area contributed by atoms with Crippen LogP contribution in [0, 0.1) is 13.8 Å². The first-order chi connectivity index (χ1) is 13.5. The van der Waals surface area contributed by atoms with Gasteiger partial charge in [0, 0.05) is 24.5 Å². The molecule has 148 valence electrons. The quantitative estimate of drug-likeness (QED) is 0.625. The van der Waals surface area contributed by atoms with Crippen LogP contribution in [0.4, 0.5) is 0 Å². The monoisotopic (exact) mass is 380 g/mol. The van der Waals surface area contributed by atoms with Crippen molar-refractivity contribution in [3.8, 4) is 11.6 Å².